The second kappa shape index (κ2) is 60.2. The average Bonchev–Trinajstić information content (AvgIpc) is 3.37. The van der Waals surface area contributed by atoms with Gasteiger partial charge in [0.1, 0.15) is 13.2 Å². The predicted octanol–water partition coefficient (Wildman–Crippen LogP) is 21.2. The minimum Gasteiger partial charge on any atom is -0.462 e. The van der Waals surface area contributed by atoms with E-state index < -0.39 is 6.10 Å². The van der Waals surface area contributed by atoms with Crippen molar-refractivity contribution in [2.45, 2.75) is 348 Å². The first-order valence-corrected chi connectivity index (χ1v) is 31.5. The molecule has 0 aromatic carbocycles. The third kappa shape index (κ3) is 58.4. The molecule has 0 aliphatic heterocycles. The average molecular weight is 998 g/mol. The van der Waals surface area contributed by atoms with Gasteiger partial charge in [-0.2, -0.15) is 0 Å². The molecule has 0 aliphatic carbocycles. The van der Waals surface area contributed by atoms with Crippen molar-refractivity contribution in [3.05, 3.63) is 36.5 Å². The molecule has 0 N–H and O–H groups in total. The second-order valence-electron chi connectivity index (χ2n) is 21.4. The summed E-state index contributed by atoms with van der Waals surface area (Å²) < 4.78 is 16.9. The highest BCUT2D eigenvalue weighted by molar-refractivity contribution is 5.71. The molecule has 0 aromatic heterocycles. The minimum absolute atomic E-state index is 0.0765. The fourth-order valence-electron chi connectivity index (χ4n) is 9.37. The van der Waals surface area contributed by atoms with Gasteiger partial charge in [-0.3, -0.25) is 14.4 Å². The zero-order valence-electron chi connectivity index (χ0n) is 47.8. The Bertz CT molecular complexity index is 1190. The fourth-order valence-corrected chi connectivity index (χ4v) is 9.37. The van der Waals surface area contributed by atoms with E-state index in [-0.39, 0.29) is 31.1 Å². The zero-order valence-corrected chi connectivity index (χ0v) is 47.8. The van der Waals surface area contributed by atoms with Gasteiger partial charge in [0.05, 0.1) is 0 Å². The van der Waals surface area contributed by atoms with Gasteiger partial charge in [0.25, 0.3) is 0 Å². The van der Waals surface area contributed by atoms with Crippen molar-refractivity contribution < 1.29 is 28.6 Å². The van der Waals surface area contributed by atoms with Gasteiger partial charge in [-0.25, -0.2) is 0 Å². The molecule has 0 aliphatic rings. The molecule has 0 fully saturated rings. The van der Waals surface area contributed by atoms with Crippen LogP contribution in [-0.4, -0.2) is 37.2 Å². The molecule has 1 atom stereocenters. The molecule has 0 saturated carbocycles. The highest BCUT2D eigenvalue weighted by atomic mass is 16.6. The van der Waals surface area contributed by atoms with E-state index in [0.29, 0.717) is 19.3 Å². The molecule has 71 heavy (non-hydrogen) atoms. The first-order chi connectivity index (χ1) is 35.0. The number of ether oxygens (including phenoxy) is 3. The quantitative estimate of drug-likeness (QED) is 0.0199. The molecule has 0 radical (unpaired) electrons. The lowest BCUT2D eigenvalue weighted by Gasteiger charge is -2.18. The van der Waals surface area contributed by atoms with Crippen LogP contribution in [0.3, 0.4) is 0 Å². The standard InChI is InChI=1S/C65H120O6/c1-4-7-10-13-16-19-22-25-28-31-34-37-40-43-46-49-52-55-58-64(67)70-61-62(60-69-63(66)57-54-51-48-45-42-39-36-33-30-27-24-21-18-15-12-9-6-3)71-65(68)59-56-53-50-47-44-41-38-35-32-29-26-23-20-17-14-11-8-5-2/h28,31,34-35,37-38,62H,4-27,29-30,32-33,36,39-61H2,1-3H3/b31-28-,37-34-,38-35-. The van der Waals surface area contributed by atoms with E-state index >= 15 is 0 Å². The van der Waals surface area contributed by atoms with Crippen LogP contribution in [0.2, 0.25) is 0 Å². The van der Waals surface area contributed by atoms with Crippen LogP contribution in [0.25, 0.3) is 0 Å². The van der Waals surface area contributed by atoms with Gasteiger partial charge < -0.3 is 14.2 Å². The maximum Gasteiger partial charge on any atom is 0.306 e. The molecular formula is C65H120O6. The van der Waals surface area contributed by atoms with Crippen LogP contribution < -0.4 is 0 Å². The SMILES string of the molecule is CCCCCCCCC/C=C\C=C/CCCCCCCC(=O)OCC(COC(=O)CCCCCCCCCCCCCCCCCCC)OC(=O)CCCCCCC/C=C\CCCCCCCCCCC. The molecular weight excluding hydrogens is 877 g/mol. The Kier molecular flexibility index (Phi) is 58.2. The summed E-state index contributed by atoms with van der Waals surface area (Å²) in [6.45, 7) is 6.67. The summed E-state index contributed by atoms with van der Waals surface area (Å²) in [5, 5.41) is 0. The maximum atomic E-state index is 12.9. The number of carbonyl (C=O) groups is 3. The van der Waals surface area contributed by atoms with E-state index in [0.717, 1.165) is 83.5 Å². The van der Waals surface area contributed by atoms with E-state index in [1.54, 1.807) is 0 Å². The third-order valence-corrected chi connectivity index (χ3v) is 14.1. The lowest BCUT2D eigenvalue weighted by molar-refractivity contribution is -0.167. The number of unbranched alkanes of at least 4 members (excludes halogenated alkanes) is 42. The van der Waals surface area contributed by atoms with Crippen LogP contribution in [-0.2, 0) is 28.6 Å². The summed E-state index contributed by atoms with van der Waals surface area (Å²) in [6.07, 6.45) is 72.8. The molecule has 0 aromatic rings. The smallest absolute Gasteiger partial charge is 0.306 e. The van der Waals surface area contributed by atoms with Crippen molar-refractivity contribution in [3.8, 4) is 0 Å². The number of hydrogen-bond acceptors (Lipinski definition) is 6. The normalized spacial score (nSPS) is 12.2. The van der Waals surface area contributed by atoms with Crippen molar-refractivity contribution in [2.75, 3.05) is 13.2 Å². The van der Waals surface area contributed by atoms with Crippen molar-refractivity contribution >= 4 is 17.9 Å². The Balaban J connectivity index is 4.37. The van der Waals surface area contributed by atoms with Crippen molar-refractivity contribution in [1.29, 1.82) is 0 Å². The highest BCUT2D eigenvalue weighted by Crippen LogP contribution is 2.17. The lowest BCUT2D eigenvalue weighted by atomic mass is 10.0. The monoisotopic (exact) mass is 997 g/mol. The molecule has 1 unspecified atom stereocenters. The van der Waals surface area contributed by atoms with Crippen LogP contribution in [0.5, 0.6) is 0 Å². The summed E-state index contributed by atoms with van der Waals surface area (Å²) in [5.41, 5.74) is 0. The highest BCUT2D eigenvalue weighted by Gasteiger charge is 2.19. The second-order valence-corrected chi connectivity index (χ2v) is 21.4. The summed E-state index contributed by atoms with van der Waals surface area (Å²) in [7, 11) is 0. The Hall–Kier alpha value is -2.37. The van der Waals surface area contributed by atoms with Gasteiger partial charge in [-0.15, -0.1) is 0 Å². The molecule has 0 heterocycles. The summed E-state index contributed by atoms with van der Waals surface area (Å²) >= 11 is 0. The van der Waals surface area contributed by atoms with Gasteiger partial charge in [-0.1, -0.05) is 288 Å². The van der Waals surface area contributed by atoms with Gasteiger partial charge in [0, 0.05) is 19.3 Å². The fraction of sp³-hybridized carbons (Fsp3) is 0.862. The summed E-state index contributed by atoms with van der Waals surface area (Å²) in [5.74, 6) is -0.878. The first-order valence-electron chi connectivity index (χ1n) is 31.5. The summed E-state index contributed by atoms with van der Waals surface area (Å²) in [6, 6.07) is 0. The number of allylic oxidation sites excluding steroid dienone is 6. The van der Waals surface area contributed by atoms with Gasteiger partial charge in [0.2, 0.25) is 0 Å². The molecule has 0 rings (SSSR count). The molecule has 6 nitrogen and oxygen atoms in total. The van der Waals surface area contributed by atoms with Gasteiger partial charge >= 0.3 is 17.9 Å². The minimum atomic E-state index is -0.781. The van der Waals surface area contributed by atoms with E-state index in [1.165, 1.54) is 218 Å². The Morgan fingerprint density at radius 3 is 0.789 bits per heavy atom. The van der Waals surface area contributed by atoms with Crippen LogP contribution >= 0.6 is 0 Å². The van der Waals surface area contributed by atoms with Crippen LogP contribution in [0, 0.1) is 0 Å². The third-order valence-electron chi connectivity index (χ3n) is 14.1. The largest absolute Gasteiger partial charge is 0.462 e. The zero-order chi connectivity index (χ0) is 51.4. The molecule has 0 bridgehead atoms. The van der Waals surface area contributed by atoms with Crippen LogP contribution in [0.15, 0.2) is 36.5 Å². The number of carbonyl (C=O) groups excluding carboxylic acids is 3. The number of rotatable bonds is 58. The van der Waals surface area contributed by atoms with E-state index in [9.17, 15) is 14.4 Å². The summed E-state index contributed by atoms with van der Waals surface area (Å²) in [4.78, 5) is 38.3. The molecule has 0 saturated heterocycles. The van der Waals surface area contributed by atoms with Crippen molar-refractivity contribution in [3.63, 3.8) is 0 Å². The van der Waals surface area contributed by atoms with E-state index in [2.05, 4.69) is 57.2 Å². The first kappa shape index (κ1) is 68.6. The van der Waals surface area contributed by atoms with Gasteiger partial charge in [0.15, 0.2) is 6.10 Å². The van der Waals surface area contributed by atoms with Crippen LogP contribution in [0.4, 0.5) is 0 Å². The lowest BCUT2D eigenvalue weighted by Crippen LogP contribution is -2.30. The van der Waals surface area contributed by atoms with Gasteiger partial charge in [-0.05, 0) is 70.6 Å². The Labute approximate surface area is 442 Å². The molecule has 416 valence electrons. The topological polar surface area (TPSA) is 78.9 Å². The van der Waals surface area contributed by atoms with Crippen LogP contribution in [0.1, 0.15) is 342 Å². The van der Waals surface area contributed by atoms with E-state index in [4.69, 9.17) is 14.2 Å². The predicted molar refractivity (Wildman–Crippen MR) is 307 cm³/mol. The number of esters is 3. The Morgan fingerprint density at radius 1 is 0.282 bits per heavy atom. The van der Waals surface area contributed by atoms with Crippen molar-refractivity contribution in [1.82, 2.24) is 0 Å². The van der Waals surface area contributed by atoms with E-state index in [1.807, 2.05) is 0 Å². The molecule has 0 amide bonds. The molecule has 6 heteroatoms. The Morgan fingerprint density at radius 2 is 0.507 bits per heavy atom. The number of hydrogen-bond donors (Lipinski definition) is 0. The molecule has 0 spiro atoms. The maximum absolute atomic E-state index is 12.9. The van der Waals surface area contributed by atoms with Crippen molar-refractivity contribution in [2.24, 2.45) is 0 Å².